The van der Waals surface area contributed by atoms with Gasteiger partial charge in [-0.05, 0) is 38.1 Å². The summed E-state index contributed by atoms with van der Waals surface area (Å²) in [4.78, 5) is 32.8. The highest BCUT2D eigenvalue weighted by Gasteiger charge is 2.26. The van der Waals surface area contributed by atoms with E-state index in [2.05, 4.69) is 20.7 Å². The molecule has 0 saturated heterocycles. The molecule has 2 aromatic rings. The largest absolute Gasteiger partial charge is 0.341 e. The third-order valence-electron chi connectivity index (χ3n) is 3.83. The molecule has 25 heavy (non-hydrogen) atoms. The number of amidine groups is 1. The quantitative estimate of drug-likeness (QED) is 0.885. The summed E-state index contributed by atoms with van der Waals surface area (Å²) in [6.07, 6.45) is 1.67. The number of aliphatic imine (C=N–C) groups is 1. The Morgan fingerprint density at radius 1 is 1.24 bits per heavy atom. The fourth-order valence-electron chi connectivity index (χ4n) is 2.42. The van der Waals surface area contributed by atoms with Crippen LogP contribution in [-0.2, 0) is 9.59 Å². The zero-order chi connectivity index (χ0) is 17.8. The molecule has 128 valence electrons. The summed E-state index contributed by atoms with van der Waals surface area (Å²) in [6.45, 7) is 3.72. The minimum absolute atomic E-state index is 0.0817. The fourth-order valence-corrected chi connectivity index (χ4v) is 2.42. The second-order valence-electron chi connectivity index (χ2n) is 5.79. The molecule has 2 N–H and O–H groups in total. The van der Waals surface area contributed by atoms with Crippen molar-refractivity contribution in [3.8, 4) is 0 Å². The number of amides is 2. The number of aromatic nitrogens is 1. The van der Waals surface area contributed by atoms with Crippen LogP contribution < -0.4 is 15.8 Å². The van der Waals surface area contributed by atoms with Gasteiger partial charge in [0.25, 0.3) is 11.8 Å². The Hall–Kier alpha value is -3.22. The Morgan fingerprint density at radius 3 is 2.68 bits per heavy atom. The number of anilines is 1. The van der Waals surface area contributed by atoms with Crippen molar-refractivity contribution in [3.63, 3.8) is 0 Å². The van der Waals surface area contributed by atoms with E-state index in [0.29, 0.717) is 5.69 Å². The second-order valence-corrected chi connectivity index (χ2v) is 5.79. The molecule has 1 aliphatic heterocycles. The summed E-state index contributed by atoms with van der Waals surface area (Å²) < 4.78 is 0. The normalized spacial score (nSPS) is 15.2. The lowest BCUT2D eigenvalue weighted by atomic mass is 10.2. The molecule has 1 aliphatic rings. The number of rotatable bonds is 4. The van der Waals surface area contributed by atoms with E-state index >= 15 is 0 Å². The van der Waals surface area contributed by atoms with Gasteiger partial charge in [0.2, 0.25) is 5.84 Å². The molecule has 1 atom stereocenters. The average molecular weight is 337 g/mol. The van der Waals surface area contributed by atoms with E-state index in [0.717, 1.165) is 11.3 Å². The molecule has 1 aromatic carbocycles. The number of carbonyl (C=O) groups is 2. The first-order valence-corrected chi connectivity index (χ1v) is 7.97. The smallest absolute Gasteiger partial charge is 0.288 e. The molecule has 0 bridgehead atoms. The molecule has 0 aliphatic carbocycles. The minimum atomic E-state index is -0.386. The third-order valence-corrected chi connectivity index (χ3v) is 3.83. The van der Waals surface area contributed by atoms with Gasteiger partial charge in [-0.2, -0.15) is 0 Å². The molecule has 0 unspecified atom stereocenters. The molecule has 3 rings (SSSR count). The van der Waals surface area contributed by atoms with Crippen molar-refractivity contribution in [2.24, 2.45) is 4.99 Å². The maximum atomic E-state index is 12.4. The SMILES string of the molecule is Cc1ccc(N2NC(C(=O)N[C@H](C)c3ccccn3)=NCC2=O)cc1. The van der Waals surface area contributed by atoms with Crippen LogP contribution in [0.25, 0.3) is 0 Å². The van der Waals surface area contributed by atoms with E-state index in [-0.39, 0.29) is 30.2 Å². The number of carbonyl (C=O) groups excluding carboxylic acids is 2. The predicted octanol–water partition coefficient (Wildman–Crippen LogP) is 1.52. The van der Waals surface area contributed by atoms with Crippen molar-refractivity contribution in [1.29, 1.82) is 0 Å². The van der Waals surface area contributed by atoms with Crippen LogP contribution in [0, 0.1) is 6.92 Å². The lowest BCUT2D eigenvalue weighted by molar-refractivity contribution is -0.118. The van der Waals surface area contributed by atoms with Gasteiger partial charge in [0, 0.05) is 6.20 Å². The summed E-state index contributed by atoms with van der Waals surface area (Å²) in [5.74, 6) is -0.510. The molecule has 7 nitrogen and oxygen atoms in total. The number of aryl methyl sites for hydroxylation is 1. The van der Waals surface area contributed by atoms with Gasteiger partial charge in [0.05, 0.1) is 17.4 Å². The topological polar surface area (TPSA) is 86.7 Å². The Kier molecular flexibility index (Phi) is 4.74. The molecule has 0 radical (unpaired) electrons. The molecule has 0 fully saturated rings. The van der Waals surface area contributed by atoms with Crippen LogP contribution in [0.2, 0.25) is 0 Å². The molecule has 2 heterocycles. The first kappa shape index (κ1) is 16.6. The molecule has 7 heteroatoms. The first-order chi connectivity index (χ1) is 12.0. The van der Waals surface area contributed by atoms with E-state index in [9.17, 15) is 9.59 Å². The molecular weight excluding hydrogens is 318 g/mol. The van der Waals surface area contributed by atoms with Crippen molar-refractivity contribution in [2.75, 3.05) is 11.6 Å². The molecule has 0 saturated carbocycles. The van der Waals surface area contributed by atoms with Gasteiger partial charge in [-0.3, -0.25) is 25.0 Å². The summed E-state index contributed by atoms with van der Waals surface area (Å²) in [7, 11) is 0. The Bertz CT molecular complexity index is 802. The molecule has 1 aromatic heterocycles. The monoisotopic (exact) mass is 337 g/mol. The van der Waals surface area contributed by atoms with Gasteiger partial charge in [-0.1, -0.05) is 23.8 Å². The van der Waals surface area contributed by atoms with Crippen molar-refractivity contribution in [2.45, 2.75) is 19.9 Å². The highest BCUT2D eigenvalue weighted by Crippen LogP contribution is 2.15. The van der Waals surface area contributed by atoms with Gasteiger partial charge in [-0.25, -0.2) is 5.01 Å². The van der Waals surface area contributed by atoms with Crippen LogP contribution in [0.3, 0.4) is 0 Å². The first-order valence-electron chi connectivity index (χ1n) is 7.97. The number of nitrogens with one attached hydrogen (secondary N) is 2. The van der Waals surface area contributed by atoms with Gasteiger partial charge in [0.1, 0.15) is 6.54 Å². The van der Waals surface area contributed by atoms with Crippen molar-refractivity contribution in [3.05, 3.63) is 59.9 Å². The number of hydrazine groups is 1. The number of hydrogen-bond donors (Lipinski definition) is 2. The highest BCUT2D eigenvalue weighted by atomic mass is 16.2. The lowest BCUT2D eigenvalue weighted by Gasteiger charge is -2.28. The van der Waals surface area contributed by atoms with Crippen LogP contribution in [0.15, 0.2) is 53.7 Å². The summed E-state index contributed by atoms with van der Waals surface area (Å²) in [5, 5.41) is 4.17. The summed E-state index contributed by atoms with van der Waals surface area (Å²) >= 11 is 0. The van der Waals surface area contributed by atoms with Crippen LogP contribution in [0.5, 0.6) is 0 Å². The Morgan fingerprint density at radius 2 is 2.00 bits per heavy atom. The third kappa shape index (κ3) is 3.82. The van der Waals surface area contributed by atoms with E-state index in [1.807, 2.05) is 56.3 Å². The average Bonchev–Trinajstić information content (AvgIpc) is 2.63. The highest BCUT2D eigenvalue weighted by molar-refractivity contribution is 6.39. The standard InChI is InChI=1S/C18H19N5O2/c1-12-6-8-14(9-7-12)23-16(24)11-20-17(22-23)18(25)21-13(2)15-5-3-4-10-19-15/h3-10,13H,11H2,1-2H3,(H,20,22)(H,21,25)/t13-/m1/s1. The zero-order valence-electron chi connectivity index (χ0n) is 14.1. The van der Waals surface area contributed by atoms with Crippen LogP contribution in [-0.4, -0.2) is 29.2 Å². The Labute approximate surface area is 145 Å². The van der Waals surface area contributed by atoms with Gasteiger partial charge >= 0.3 is 0 Å². The van der Waals surface area contributed by atoms with Crippen LogP contribution in [0.4, 0.5) is 5.69 Å². The number of hydrogen-bond acceptors (Lipinski definition) is 5. The van der Waals surface area contributed by atoms with E-state index in [1.54, 1.807) is 6.20 Å². The maximum absolute atomic E-state index is 12.4. The van der Waals surface area contributed by atoms with E-state index in [4.69, 9.17) is 0 Å². The Balaban J connectivity index is 1.71. The number of benzene rings is 1. The zero-order valence-corrected chi connectivity index (χ0v) is 14.1. The van der Waals surface area contributed by atoms with Crippen molar-refractivity contribution < 1.29 is 9.59 Å². The lowest BCUT2D eigenvalue weighted by Crippen LogP contribution is -2.56. The molecule has 0 spiro atoms. The van der Waals surface area contributed by atoms with E-state index < -0.39 is 0 Å². The number of pyridine rings is 1. The second kappa shape index (κ2) is 7.12. The number of nitrogens with zero attached hydrogens (tertiary/aromatic N) is 3. The minimum Gasteiger partial charge on any atom is -0.341 e. The van der Waals surface area contributed by atoms with Crippen molar-refractivity contribution >= 4 is 23.3 Å². The predicted molar refractivity (Wildman–Crippen MR) is 94.9 cm³/mol. The van der Waals surface area contributed by atoms with Gasteiger partial charge in [-0.15, -0.1) is 0 Å². The molecule has 2 amide bonds. The molecular formula is C18H19N5O2. The fraction of sp³-hybridized carbons (Fsp3) is 0.222. The van der Waals surface area contributed by atoms with Gasteiger partial charge in [0.15, 0.2) is 0 Å². The summed E-state index contributed by atoms with van der Waals surface area (Å²) in [6, 6.07) is 12.7. The van der Waals surface area contributed by atoms with Gasteiger partial charge < -0.3 is 5.32 Å². The van der Waals surface area contributed by atoms with E-state index in [1.165, 1.54) is 5.01 Å². The van der Waals surface area contributed by atoms with Crippen molar-refractivity contribution in [1.82, 2.24) is 15.7 Å². The summed E-state index contributed by atoms with van der Waals surface area (Å²) in [5.41, 5.74) is 5.29. The van der Waals surface area contributed by atoms with Crippen LogP contribution >= 0.6 is 0 Å². The maximum Gasteiger partial charge on any atom is 0.288 e. The van der Waals surface area contributed by atoms with Crippen LogP contribution in [0.1, 0.15) is 24.2 Å².